The second-order valence-corrected chi connectivity index (χ2v) is 7.89. The predicted molar refractivity (Wildman–Crippen MR) is 127 cm³/mol. The number of benzene rings is 2. The van der Waals surface area contributed by atoms with Crippen LogP contribution in [-0.2, 0) is 11.3 Å². The van der Waals surface area contributed by atoms with E-state index in [-0.39, 0.29) is 12.4 Å². The first-order chi connectivity index (χ1) is 16.0. The topological polar surface area (TPSA) is 59.8 Å². The Bertz CT molecular complexity index is 1020. The molecule has 0 amide bonds. The maximum Gasteiger partial charge on any atom is 0.227 e. The number of halogens is 1. The van der Waals surface area contributed by atoms with Crippen molar-refractivity contribution in [1.82, 2.24) is 14.7 Å². The van der Waals surface area contributed by atoms with Crippen LogP contribution in [0.4, 0.5) is 4.39 Å². The normalized spacial score (nSPS) is 12.2. The van der Waals surface area contributed by atoms with Gasteiger partial charge in [0.2, 0.25) is 5.88 Å². The lowest BCUT2D eigenvalue weighted by Gasteiger charge is -2.25. The highest BCUT2D eigenvalue weighted by Gasteiger charge is 2.22. The van der Waals surface area contributed by atoms with Crippen molar-refractivity contribution in [3.05, 3.63) is 84.3 Å². The summed E-state index contributed by atoms with van der Waals surface area (Å²) in [5.74, 6) is 0.558. The second kappa shape index (κ2) is 12.3. The molecule has 0 aliphatic rings. The minimum absolute atomic E-state index is 0.237. The van der Waals surface area contributed by atoms with Crippen molar-refractivity contribution in [2.75, 3.05) is 26.3 Å². The molecular weight excluding hydrogens is 421 g/mol. The minimum atomic E-state index is -0.631. The minimum Gasteiger partial charge on any atom is -0.438 e. The summed E-state index contributed by atoms with van der Waals surface area (Å²) in [4.78, 5) is 2.15. The third kappa shape index (κ3) is 6.99. The molecule has 0 saturated carbocycles. The van der Waals surface area contributed by atoms with Crippen molar-refractivity contribution < 1.29 is 19.0 Å². The summed E-state index contributed by atoms with van der Waals surface area (Å²) in [6.07, 6.45) is 1.95. The average molecular weight is 454 g/mol. The second-order valence-electron chi connectivity index (χ2n) is 7.89. The Labute approximate surface area is 194 Å². The van der Waals surface area contributed by atoms with Crippen molar-refractivity contribution in [2.45, 2.75) is 32.9 Å². The molecule has 3 rings (SSSR count). The fourth-order valence-corrected chi connectivity index (χ4v) is 3.62. The zero-order chi connectivity index (χ0) is 23.6. The third-order valence-corrected chi connectivity index (χ3v) is 5.09. The number of hydrogen-bond acceptors (Lipinski definition) is 5. The van der Waals surface area contributed by atoms with Gasteiger partial charge in [0.15, 0.2) is 0 Å². The molecule has 1 aromatic heterocycles. The summed E-state index contributed by atoms with van der Waals surface area (Å²) in [7, 11) is 0. The summed E-state index contributed by atoms with van der Waals surface area (Å²) in [6.45, 7) is 10.0. The van der Waals surface area contributed by atoms with E-state index in [1.165, 1.54) is 12.1 Å². The zero-order valence-electron chi connectivity index (χ0n) is 19.3. The quantitative estimate of drug-likeness (QED) is 0.295. The summed E-state index contributed by atoms with van der Waals surface area (Å²) in [5.41, 5.74) is 2.54. The first-order valence-electron chi connectivity index (χ1n) is 11.2. The Morgan fingerprint density at radius 1 is 1.21 bits per heavy atom. The van der Waals surface area contributed by atoms with Gasteiger partial charge in [-0.15, -0.1) is 6.58 Å². The number of ether oxygens (including phenoxy) is 2. The fraction of sp³-hybridized carbons (Fsp3) is 0.346. The molecule has 6 nitrogen and oxygen atoms in total. The van der Waals surface area contributed by atoms with Crippen molar-refractivity contribution >= 4 is 0 Å². The highest BCUT2D eigenvalue weighted by atomic mass is 19.1. The maximum absolute atomic E-state index is 13.8. The van der Waals surface area contributed by atoms with Crippen LogP contribution in [0.2, 0.25) is 0 Å². The van der Waals surface area contributed by atoms with E-state index in [1.54, 1.807) is 22.9 Å². The van der Waals surface area contributed by atoms with Crippen LogP contribution in [-0.4, -0.2) is 52.2 Å². The molecule has 1 N–H and O–H groups in total. The van der Waals surface area contributed by atoms with Crippen LogP contribution in [0, 0.1) is 12.7 Å². The highest BCUT2D eigenvalue weighted by molar-refractivity contribution is 5.43. The van der Waals surface area contributed by atoms with E-state index < -0.39 is 6.10 Å². The lowest BCUT2D eigenvalue weighted by atomic mass is 10.2. The average Bonchev–Trinajstić information content (AvgIpc) is 3.10. The van der Waals surface area contributed by atoms with Crippen molar-refractivity contribution in [3.63, 3.8) is 0 Å². The van der Waals surface area contributed by atoms with Gasteiger partial charge in [0.05, 0.1) is 36.3 Å². The van der Waals surface area contributed by atoms with Crippen LogP contribution in [0.25, 0.3) is 5.69 Å². The molecule has 0 unspecified atom stereocenters. The molecule has 1 heterocycles. The number of aromatic nitrogens is 2. The van der Waals surface area contributed by atoms with E-state index in [4.69, 9.17) is 14.6 Å². The van der Waals surface area contributed by atoms with Crippen LogP contribution < -0.4 is 4.74 Å². The highest BCUT2D eigenvalue weighted by Crippen LogP contribution is 2.32. The molecule has 0 aliphatic heterocycles. The van der Waals surface area contributed by atoms with Gasteiger partial charge >= 0.3 is 0 Å². The SMILES string of the molecule is C=CCOC[C@H](O)CN(CCC)Cc1c(C)nn(-c2ccccc2)c1Oc1cccc(F)c1. The lowest BCUT2D eigenvalue weighted by molar-refractivity contribution is 0.0244. The summed E-state index contributed by atoms with van der Waals surface area (Å²) < 4.78 is 27.2. The molecule has 0 radical (unpaired) electrons. The Balaban J connectivity index is 1.91. The van der Waals surface area contributed by atoms with Crippen LogP contribution in [0.15, 0.2) is 67.3 Å². The Morgan fingerprint density at radius 3 is 2.70 bits per heavy atom. The molecular formula is C26H32FN3O3. The van der Waals surface area contributed by atoms with E-state index in [0.29, 0.717) is 31.3 Å². The van der Waals surface area contributed by atoms with Gasteiger partial charge in [-0.25, -0.2) is 9.07 Å². The van der Waals surface area contributed by atoms with Crippen molar-refractivity contribution in [3.8, 4) is 17.3 Å². The fourth-order valence-electron chi connectivity index (χ4n) is 3.62. The lowest BCUT2D eigenvalue weighted by Crippen LogP contribution is -2.35. The molecule has 0 saturated heterocycles. The molecule has 0 bridgehead atoms. The Morgan fingerprint density at radius 2 is 2.00 bits per heavy atom. The van der Waals surface area contributed by atoms with E-state index in [2.05, 4.69) is 18.4 Å². The van der Waals surface area contributed by atoms with Crippen molar-refractivity contribution in [1.29, 1.82) is 0 Å². The number of nitrogens with zero attached hydrogens (tertiary/aromatic N) is 3. The first kappa shape index (κ1) is 24.6. The molecule has 2 aromatic carbocycles. The molecule has 7 heteroatoms. The smallest absolute Gasteiger partial charge is 0.227 e. The van der Waals surface area contributed by atoms with Crippen LogP contribution in [0.5, 0.6) is 11.6 Å². The zero-order valence-corrected chi connectivity index (χ0v) is 19.3. The molecule has 0 fully saturated rings. The number of para-hydroxylation sites is 1. The van der Waals surface area contributed by atoms with E-state index >= 15 is 0 Å². The van der Waals surface area contributed by atoms with Gasteiger partial charge in [-0.3, -0.25) is 4.90 Å². The Kier molecular flexibility index (Phi) is 9.18. The van der Waals surface area contributed by atoms with E-state index in [0.717, 1.165) is 29.9 Å². The Hall–Kier alpha value is -3.00. The van der Waals surface area contributed by atoms with Crippen LogP contribution >= 0.6 is 0 Å². The standard InChI is InChI=1S/C26H32FN3O3/c1-4-14-29(17-23(31)19-32-15-5-2)18-25-20(3)28-30(22-11-7-6-8-12-22)26(25)33-24-13-9-10-21(27)16-24/h5-13,16,23,31H,2,4,14-15,17-19H2,1,3H3/t23-/m1/s1. The number of hydrogen-bond donors (Lipinski definition) is 1. The summed E-state index contributed by atoms with van der Waals surface area (Å²) in [5, 5.41) is 15.2. The third-order valence-electron chi connectivity index (χ3n) is 5.09. The summed E-state index contributed by atoms with van der Waals surface area (Å²) in [6, 6.07) is 15.8. The van der Waals surface area contributed by atoms with Gasteiger partial charge in [-0.2, -0.15) is 5.10 Å². The van der Waals surface area contributed by atoms with Crippen LogP contribution in [0.3, 0.4) is 0 Å². The molecule has 176 valence electrons. The molecule has 0 aliphatic carbocycles. The van der Waals surface area contributed by atoms with Gasteiger partial charge in [0, 0.05) is 19.2 Å². The monoisotopic (exact) mass is 453 g/mol. The predicted octanol–water partition coefficient (Wildman–Crippen LogP) is 4.89. The number of aliphatic hydroxyl groups is 1. The first-order valence-corrected chi connectivity index (χ1v) is 11.2. The molecule has 0 spiro atoms. The van der Waals surface area contributed by atoms with Gasteiger partial charge in [0.1, 0.15) is 11.6 Å². The number of rotatable bonds is 13. The molecule has 1 atom stereocenters. The van der Waals surface area contributed by atoms with Crippen LogP contribution in [0.1, 0.15) is 24.6 Å². The van der Waals surface area contributed by atoms with E-state index in [9.17, 15) is 9.50 Å². The largest absolute Gasteiger partial charge is 0.438 e. The van der Waals surface area contributed by atoms with Gasteiger partial charge in [0.25, 0.3) is 0 Å². The number of aryl methyl sites for hydroxylation is 1. The van der Waals surface area contributed by atoms with E-state index in [1.807, 2.05) is 37.3 Å². The van der Waals surface area contributed by atoms with Gasteiger partial charge in [-0.05, 0) is 44.2 Å². The van der Waals surface area contributed by atoms with Gasteiger partial charge < -0.3 is 14.6 Å². The molecule has 3 aromatic rings. The van der Waals surface area contributed by atoms with Crippen molar-refractivity contribution in [2.24, 2.45) is 0 Å². The maximum atomic E-state index is 13.8. The van der Waals surface area contributed by atoms with Gasteiger partial charge in [-0.1, -0.05) is 37.3 Å². The number of aliphatic hydroxyl groups excluding tert-OH is 1. The summed E-state index contributed by atoms with van der Waals surface area (Å²) >= 11 is 0. The molecule has 33 heavy (non-hydrogen) atoms.